The van der Waals surface area contributed by atoms with Crippen LogP contribution in [0.25, 0.3) is 0 Å². The fraction of sp³-hybridized carbons (Fsp3) is 0.421. The normalized spacial score (nSPS) is 19.1. The van der Waals surface area contributed by atoms with Crippen LogP contribution in [0, 0.1) is 6.92 Å². The van der Waals surface area contributed by atoms with E-state index < -0.39 is 0 Å². The van der Waals surface area contributed by atoms with Crippen molar-refractivity contribution in [2.45, 2.75) is 38.8 Å². The second-order valence-corrected chi connectivity index (χ2v) is 6.15. The molecule has 3 heteroatoms. The van der Waals surface area contributed by atoms with E-state index in [-0.39, 0.29) is 0 Å². The Kier molecular flexibility index (Phi) is 4.74. The van der Waals surface area contributed by atoms with Crippen LogP contribution < -0.4 is 5.32 Å². The second kappa shape index (κ2) is 6.93. The van der Waals surface area contributed by atoms with Crippen molar-refractivity contribution in [3.05, 3.63) is 59.3 Å². The first-order chi connectivity index (χ1) is 10.8. The van der Waals surface area contributed by atoms with Crippen molar-refractivity contribution >= 4 is 5.82 Å². The Hall–Kier alpha value is -1.87. The van der Waals surface area contributed by atoms with Gasteiger partial charge in [-0.15, -0.1) is 0 Å². The highest BCUT2D eigenvalue weighted by Crippen LogP contribution is 2.32. The van der Waals surface area contributed by atoms with Crippen LogP contribution in [0.2, 0.25) is 0 Å². The van der Waals surface area contributed by atoms with Gasteiger partial charge in [0.15, 0.2) is 0 Å². The zero-order valence-corrected chi connectivity index (χ0v) is 13.5. The monoisotopic (exact) mass is 295 g/mol. The quantitative estimate of drug-likeness (QED) is 0.918. The average Bonchev–Trinajstić information content (AvgIpc) is 2.56. The third kappa shape index (κ3) is 3.30. The van der Waals surface area contributed by atoms with Crippen LogP contribution in [0.4, 0.5) is 5.82 Å². The Morgan fingerprint density at radius 3 is 2.77 bits per heavy atom. The van der Waals surface area contributed by atoms with Crippen molar-refractivity contribution in [3.8, 4) is 0 Å². The molecule has 3 rings (SSSR count). The summed E-state index contributed by atoms with van der Waals surface area (Å²) in [5, 5.41) is 3.15. The lowest BCUT2D eigenvalue weighted by atomic mass is 9.95. The summed E-state index contributed by atoms with van der Waals surface area (Å²) in [4.78, 5) is 7.18. The average molecular weight is 295 g/mol. The maximum atomic E-state index is 4.58. The molecule has 0 saturated carbocycles. The van der Waals surface area contributed by atoms with Gasteiger partial charge in [0, 0.05) is 25.8 Å². The highest BCUT2D eigenvalue weighted by molar-refractivity contribution is 5.44. The molecule has 1 N–H and O–H groups in total. The molecule has 1 aromatic heterocycles. The van der Waals surface area contributed by atoms with Crippen molar-refractivity contribution < 1.29 is 0 Å². The van der Waals surface area contributed by atoms with Gasteiger partial charge in [0.2, 0.25) is 0 Å². The maximum Gasteiger partial charge on any atom is 0.128 e. The molecule has 1 fully saturated rings. The molecule has 0 amide bonds. The molecule has 1 aliphatic heterocycles. The molecule has 2 aromatic rings. The predicted octanol–water partition coefficient (Wildman–Crippen LogP) is 4.16. The highest BCUT2D eigenvalue weighted by atomic mass is 15.2. The van der Waals surface area contributed by atoms with Crippen molar-refractivity contribution in [2.24, 2.45) is 0 Å². The maximum absolute atomic E-state index is 4.58. The first kappa shape index (κ1) is 15.0. The lowest BCUT2D eigenvalue weighted by molar-refractivity contribution is 0.140. The van der Waals surface area contributed by atoms with E-state index in [4.69, 9.17) is 0 Å². The Morgan fingerprint density at radius 1 is 1.23 bits per heavy atom. The number of likely N-dealkylation sites (tertiary alicyclic amines) is 1. The van der Waals surface area contributed by atoms with Crippen LogP contribution >= 0.6 is 0 Å². The summed E-state index contributed by atoms with van der Waals surface area (Å²) in [6.45, 7) is 4.33. The van der Waals surface area contributed by atoms with Gasteiger partial charge in [-0.3, -0.25) is 4.90 Å². The van der Waals surface area contributed by atoms with Crippen molar-refractivity contribution in [2.75, 3.05) is 18.9 Å². The predicted molar refractivity (Wildman–Crippen MR) is 92.0 cm³/mol. The fourth-order valence-electron chi connectivity index (χ4n) is 3.42. The third-order valence-electron chi connectivity index (χ3n) is 4.56. The molecular weight excluding hydrogens is 270 g/mol. The molecule has 0 aliphatic carbocycles. The Bertz CT molecular complexity index is 609. The number of pyridine rings is 1. The minimum atomic E-state index is 0.492. The molecule has 1 aromatic carbocycles. The van der Waals surface area contributed by atoms with Gasteiger partial charge in [-0.25, -0.2) is 4.98 Å². The highest BCUT2D eigenvalue weighted by Gasteiger charge is 2.24. The van der Waals surface area contributed by atoms with Gasteiger partial charge in [0.05, 0.1) is 0 Å². The second-order valence-electron chi connectivity index (χ2n) is 6.15. The molecule has 22 heavy (non-hydrogen) atoms. The Morgan fingerprint density at radius 2 is 2.05 bits per heavy atom. The molecule has 3 nitrogen and oxygen atoms in total. The van der Waals surface area contributed by atoms with Gasteiger partial charge in [-0.1, -0.05) is 36.8 Å². The Balaban J connectivity index is 1.81. The van der Waals surface area contributed by atoms with Gasteiger partial charge < -0.3 is 5.32 Å². The number of hydrogen-bond donors (Lipinski definition) is 1. The first-order valence-electron chi connectivity index (χ1n) is 8.20. The van der Waals surface area contributed by atoms with E-state index in [1.54, 1.807) is 0 Å². The molecule has 2 heterocycles. The SMILES string of the molecule is CNc1ncc(C2CCCCN2Cc2ccccc2)cc1C. The zero-order valence-electron chi connectivity index (χ0n) is 13.5. The molecule has 1 unspecified atom stereocenters. The summed E-state index contributed by atoms with van der Waals surface area (Å²) < 4.78 is 0. The van der Waals surface area contributed by atoms with E-state index in [1.165, 1.54) is 42.5 Å². The van der Waals surface area contributed by atoms with Crippen LogP contribution in [0.15, 0.2) is 42.6 Å². The van der Waals surface area contributed by atoms with Gasteiger partial charge in [-0.2, -0.15) is 0 Å². The van der Waals surface area contributed by atoms with Crippen LogP contribution in [-0.4, -0.2) is 23.5 Å². The summed E-state index contributed by atoms with van der Waals surface area (Å²) >= 11 is 0. The van der Waals surface area contributed by atoms with Crippen molar-refractivity contribution in [3.63, 3.8) is 0 Å². The molecule has 116 valence electrons. The summed E-state index contributed by atoms with van der Waals surface area (Å²) in [5.74, 6) is 0.981. The molecule has 0 spiro atoms. The number of rotatable bonds is 4. The Labute approximate surface area is 133 Å². The standard InChI is InChI=1S/C19H25N3/c1-15-12-17(13-21-19(15)20-2)18-10-6-7-11-22(18)14-16-8-4-3-5-9-16/h3-5,8-9,12-13,18H,6-7,10-11,14H2,1-2H3,(H,20,21). The first-order valence-corrected chi connectivity index (χ1v) is 8.20. The van der Waals surface area contributed by atoms with E-state index in [9.17, 15) is 0 Å². The topological polar surface area (TPSA) is 28.2 Å². The number of hydrogen-bond acceptors (Lipinski definition) is 3. The summed E-state index contributed by atoms with van der Waals surface area (Å²) in [7, 11) is 1.93. The lowest BCUT2D eigenvalue weighted by Crippen LogP contribution is -2.33. The number of aromatic nitrogens is 1. The fourth-order valence-corrected chi connectivity index (χ4v) is 3.42. The molecule has 1 saturated heterocycles. The van der Waals surface area contributed by atoms with Gasteiger partial charge >= 0.3 is 0 Å². The van der Waals surface area contributed by atoms with Crippen LogP contribution in [0.3, 0.4) is 0 Å². The smallest absolute Gasteiger partial charge is 0.128 e. The van der Waals surface area contributed by atoms with E-state index in [0.29, 0.717) is 6.04 Å². The van der Waals surface area contributed by atoms with Crippen LogP contribution in [0.5, 0.6) is 0 Å². The van der Waals surface area contributed by atoms with Gasteiger partial charge in [0.25, 0.3) is 0 Å². The summed E-state index contributed by atoms with van der Waals surface area (Å²) in [6.07, 6.45) is 5.88. The van der Waals surface area contributed by atoms with Gasteiger partial charge in [-0.05, 0) is 49.1 Å². The number of benzene rings is 1. The van der Waals surface area contributed by atoms with Gasteiger partial charge in [0.1, 0.15) is 5.82 Å². The lowest BCUT2D eigenvalue weighted by Gasteiger charge is -2.36. The summed E-state index contributed by atoms with van der Waals surface area (Å²) in [6, 6.07) is 13.6. The molecule has 1 aliphatic rings. The zero-order chi connectivity index (χ0) is 15.4. The largest absolute Gasteiger partial charge is 0.373 e. The number of piperidine rings is 1. The number of anilines is 1. The van der Waals surface area contributed by atoms with Crippen molar-refractivity contribution in [1.29, 1.82) is 0 Å². The molecule has 0 bridgehead atoms. The number of aryl methyl sites for hydroxylation is 1. The summed E-state index contributed by atoms with van der Waals surface area (Å²) in [5.41, 5.74) is 3.98. The van der Waals surface area contributed by atoms with Crippen molar-refractivity contribution in [1.82, 2.24) is 9.88 Å². The molecule has 1 atom stereocenters. The van der Waals surface area contributed by atoms with Crippen LogP contribution in [-0.2, 0) is 6.54 Å². The van der Waals surface area contributed by atoms with Crippen LogP contribution in [0.1, 0.15) is 42.0 Å². The third-order valence-corrected chi connectivity index (χ3v) is 4.56. The minimum Gasteiger partial charge on any atom is -0.373 e. The minimum absolute atomic E-state index is 0.492. The van der Waals surface area contributed by atoms with E-state index in [0.717, 1.165) is 12.4 Å². The van der Waals surface area contributed by atoms with E-state index >= 15 is 0 Å². The number of nitrogens with zero attached hydrogens (tertiary/aromatic N) is 2. The van der Waals surface area contributed by atoms with E-state index in [2.05, 4.69) is 58.5 Å². The van der Waals surface area contributed by atoms with E-state index in [1.807, 2.05) is 13.2 Å². The number of nitrogens with one attached hydrogen (secondary N) is 1. The molecule has 0 radical (unpaired) electrons. The molecular formula is C19H25N3.